The van der Waals surface area contributed by atoms with Crippen molar-refractivity contribution in [3.8, 4) is 0 Å². The number of hydrogen-bond acceptors (Lipinski definition) is 2. The third-order valence-corrected chi connectivity index (χ3v) is 3.41. The highest BCUT2D eigenvalue weighted by molar-refractivity contribution is 6.18. The Morgan fingerprint density at radius 3 is 2.93 bits per heavy atom. The van der Waals surface area contributed by atoms with E-state index in [4.69, 9.17) is 11.6 Å². The lowest BCUT2D eigenvalue weighted by atomic mass is 10.00. The predicted molar refractivity (Wildman–Crippen MR) is 63.0 cm³/mol. The van der Waals surface area contributed by atoms with Crippen LogP contribution in [0.3, 0.4) is 0 Å². The third kappa shape index (κ3) is 3.18. The van der Waals surface area contributed by atoms with Crippen molar-refractivity contribution in [2.45, 2.75) is 19.4 Å². The summed E-state index contributed by atoms with van der Waals surface area (Å²) >= 11 is 5.91. The monoisotopic (exact) mass is 224 g/mol. The molecule has 3 heteroatoms. The fourth-order valence-electron chi connectivity index (χ4n) is 2.17. The van der Waals surface area contributed by atoms with E-state index in [1.807, 2.05) is 12.4 Å². The van der Waals surface area contributed by atoms with Gasteiger partial charge in [-0.2, -0.15) is 0 Å². The SMILES string of the molecule is ClCC1CCCN(Cc2ccncc2)C1. The molecule has 1 unspecified atom stereocenters. The fourth-order valence-corrected chi connectivity index (χ4v) is 2.42. The Hall–Kier alpha value is -0.600. The summed E-state index contributed by atoms with van der Waals surface area (Å²) in [6.07, 6.45) is 6.29. The highest BCUT2D eigenvalue weighted by Crippen LogP contribution is 2.19. The number of alkyl halides is 1. The van der Waals surface area contributed by atoms with Crippen LogP contribution in [-0.2, 0) is 6.54 Å². The number of aromatic nitrogens is 1. The lowest BCUT2D eigenvalue weighted by Crippen LogP contribution is -2.35. The Morgan fingerprint density at radius 1 is 1.40 bits per heavy atom. The minimum Gasteiger partial charge on any atom is -0.299 e. The van der Waals surface area contributed by atoms with Crippen LogP contribution in [0.4, 0.5) is 0 Å². The van der Waals surface area contributed by atoms with E-state index in [1.54, 1.807) is 0 Å². The largest absolute Gasteiger partial charge is 0.299 e. The highest BCUT2D eigenvalue weighted by atomic mass is 35.5. The maximum Gasteiger partial charge on any atom is 0.0271 e. The second-order valence-electron chi connectivity index (χ2n) is 4.25. The summed E-state index contributed by atoms with van der Waals surface area (Å²) < 4.78 is 0. The summed E-state index contributed by atoms with van der Waals surface area (Å²) in [4.78, 5) is 6.52. The molecule has 1 aliphatic heterocycles. The number of nitrogens with zero attached hydrogens (tertiary/aromatic N) is 2. The summed E-state index contributed by atoms with van der Waals surface area (Å²) in [6, 6.07) is 4.18. The van der Waals surface area contributed by atoms with Crippen LogP contribution in [0.15, 0.2) is 24.5 Å². The van der Waals surface area contributed by atoms with Gasteiger partial charge in [-0.25, -0.2) is 0 Å². The Bertz CT molecular complexity index is 289. The van der Waals surface area contributed by atoms with Crippen molar-refractivity contribution in [1.29, 1.82) is 0 Å². The van der Waals surface area contributed by atoms with Crippen molar-refractivity contribution < 1.29 is 0 Å². The molecule has 1 atom stereocenters. The average Bonchev–Trinajstić information content (AvgIpc) is 2.31. The molecular weight excluding hydrogens is 208 g/mol. The highest BCUT2D eigenvalue weighted by Gasteiger charge is 2.18. The van der Waals surface area contributed by atoms with Crippen molar-refractivity contribution in [2.24, 2.45) is 5.92 Å². The smallest absolute Gasteiger partial charge is 0.0271 e. The first kappa shape index (κ1) is 10.9. The van der Waals surface area contributed by atoms with Gasteiger partial charge in [-0.3, -0.25) is 9.88 Å². The van der Waals surface area contributed by atoms with E-state index in [-0.39, 0.29) is 0 Å². The van der Waals surface area contributed by atoms with Crippen LogP contribution in [0.1, 0.15) is 18.4 Å². The molecule has 0 saturated carbocycles. The quantitative estimate of drug-likeness (QED) is 0.734. The summed E-state index contributed by atoms with van der Waals surface area (Å²) in [7, 11) is 0. The summed E-state index contributed by atoms with van der Waals surface area (Å²) in [6.45, 7) is 3.39. The number of halogens is 1. The second-order valence-corrected chi connectivity index (χ2v) is 4.56. The van der Waals surface area contributed by atoms with E-state index in [1.165, 1.54) is 24.9 Å². The van der Waals surface area contributed by atoms with E-state index in [0.717, 1.165) is 19.0 Å². The molecule has 1 aromatic rings. The molecule has 1 saturated heterocycles. The van der Waals surface area contributed by atoms with Crippen molar-refractivity contribution in [3.05, 3.63) is 30.1 Å². The molecule has 0 radical (unpaired) electrons. The van der Waals surface area contributed by atoms with Crippen LogP contribution in [0.5, 0.6) is 0 Å². The van der Waals surface area contributed by atoms with Crippen LogP contribution < -0.4 is 0 Å². The lowest BCUT2D eigenvalue weighted by Gasteiger charge is -2.31. The number of likely N-dealkylation sites (tertiary alicyclic amines) is 1. The van der Waals surface area contributed by atoms with E-state index in [0.29, 0.717) is 5.92 Å². The zero-order chi connectivity index (χ0) is 10.5. The zero-order valence-corrected chi connectivity index (χ0v) is 9.66. The maximum atomic E-state index is 5.91. The number of pyridine rings is 1. The molecule has 1 aliphatic rings. The van der Waals surface area contributed by atoms with E-state index in [9.17, 15) is 0 Å². The normalized spacial score (nSPS) is 22.9. The molecule has 2 nitrogen and oxygen atoms in total. The van der Waals surface area contributed by atoms with Crippen LogP contribution in [0.25, 0.3) is 0 Å². The number of piperidine rings is 1. The van der Waals surface area contributed by atoms with Gasteiger partial charge in [0.2, 0.25) is 0 Å². The van der Waals surface area contributed by atoms with Gasteiger partial charge in [-0.1, -0.05) is 0 Å². The number of hydrogen-bond donors (Lipinski definition) is 0. The van der Waals surface area contributed by atoms with Gasteiger partial charge in [0.25, 0.3) is 0 Å². The van der Waals surface area contributed by atoms with E-state index >= 15 is 0 Å². The fraction of sp³-hybridized carbons (Fsp3) is 0.583. The molecule has 1 fully saturated rings. The molecule has 0 N–H and O–H groups in total. The lowest BCUT2D eigenvalue weighted by molar-refractivity contribution is 0.178. The van der Waals surface area contributed by atoms with Crippen molar-refractivity contribution in [1.82, 2.24) is 9.88 Å². The summed E-state index contributed by atoms with van der Waals surface area (Å²) in [5.74, 6) is 1.48. The Labute approximate surface area is 96.3 Å². The molecule has 0 aliphatic carbocycles. The summed E-state index contributed by atoms with van der Waals surface area (Å²) in [5, 5.41) is 0. The first-order valence-electron chi connectivity index (χ1n) is 5.55. The van der Waals surface area contributed by atoms with Crippen LogP contribution in [-0.4, -0.2) is 28.9 Å². The molecule has 2 heterocycles. The molecule has 0 amide bonds. The Kier molecular flexibility index (Phi) is 3.98. The Balaban J connectivity index is 1.89. The minimum atomic E-state index is 0.683. The van der Waals surface area contributed by atoms with Gasteiger partial charge in [0.1, 0.15) is 0 Å². The molecule has 2 rings (SSSR count). The topological polar surface area (TPSA) is 16.1 Å². The number of rotatable bonds is 3. The van der Waals surface area contributed by atoms with Gasteiger partial charge in [-0.15, -0.1) is 11.6 Å². The molecule has 0 aromatic carbocycles. The minimum absolute atomic E-state index is 0.683. The second kappa shape index (κ2) is 5.47. The Morgan fingerprint density at radius 2 is 2.20 bits per heavy atom. The molecular formula is C12H17ClN2. The van der Waals surface area contributed by atoms with Crippen LogP contribution in [0, 0.1) is 5.92 Å². The van der Waals surface area contributed by atoms with Crippen molar-refractivity contribution in [2.75, 3.05) is 19.0 Å². The molecule has 15 heavy (non-hydrogen) atoms. The van der Waals surface area contributed by atoms with Gasteiger partial charge in [0.05, 0.1) is 0 Å². The van der Waals surface area contributed by atoms with Crippen molar-refractivity contribution in [3.63, 3.8) is 0 Å². The van der Waals surface area contributed by atoms with E-state index in [2.05, 4.69) is 22.0 Å². The first-order valence-corrected chi connectivity index (χ1v) is 6.09. The average molecular weight is 225 g/mol. The van der Waals surface area contributed by atoms with Gasteiger partial charge < -0.3 is 0 Å². The van der Waals surface area contributed by atoms with Gasteiger partial charge in [-0.05, 0) is 43.0 Å². The first-order chi connectivity index (χ1) is 7.38. The summed E-state index contributed by atoms with van der Waals surface area (Å²) in [5.41, 5.74) is 1.35. The van der Waals surface area contributed by atoms with E-state index < -0.39 is 0 Å². The van der Waals surface area contributed by atoms with Crippen molar-refractivity contribution >= 4 is 11.6 Å². The van der Waals surface area contributed by atoms with Crippen LogP contribution >= 0.6 is 11.6 Å². The molecule has 1 aromatic heterocycles. The van der Waals surface area contributed by atoms with Gasteiger partial charge in [0.15, 0.2) is 0 Å². The van der Waals surface area contributed by atoms with Crippen LogP contribution in [0.2, 0.25) is 0 Å². The molecule has 0 spiro atoms. The van der Waals surface area contributed by atoms with Gasteiger partial charge >= 0.3 is 0 Å². The van der Waals surface area contributed by atoms with Gasteiger partial charge in [0, 0.05) is 31.4 Å². The third-order valence-electron chi connectivity index (χ3n) is 2.98. The molecule has 0 bridgehead atoms. The predicted octanol–water partition coefficient (Wildman–Crippen LogP) is 2.53. The zero-order valence-electron chi connectivity index (χ0n) is 8.90. The maximum absolute atomic E-state index is 5.91. The standard InChI is InChI=1S/C12H17ClN2/c13-8-12-2-1-7-15(10-12)9-11-3-5-14-6-4-11/h3-6,12H,1-2,7-10H2. The molecule has 82 valence electrons.